The molecule has 21 heavy (non-hydrogen) atoms. The van der Waals surface area contributed by atoms with Gasteiger partial charge in [0.2, 0.25) is 0 Å². The van der Waals surface area contributed by atoms with Crippen molar-refractivity contribution >= 4 is 11.8 Å². The molecule has 0 bridgehead atoms. The third-order valence-corrected chi connectivity index (χ3v) is 5.76. The normalized spacial score (nSPS) is 22.9. The second kappa shape index (κ2) is 5.39. The second-order valence-electron chi connectivity index (χ2n) is 5.83. The highest BCUT2D eigenvalue weighted by Crippen LogP contribution is 2.40. The van der Waals surface area contributed by atoms with Crippen LogP contribution >= 0.6 is 11.8 Å². The number of nitrogens with two attached hydrogens (primary N) is 1. The molecule has 3 heteroatoms. The lowest BCUT2D eigenvalue weighted by Gasteiger charge is -2.15. The molecule has 0 saturated heterocycles. The summed E-state index contributed by atoms with van der Waals surface area (Å²) in [5.74, 6) is 2.65. The van der Waals surface area contributed by atoms with Gasteiger partial charge < -0.3 is 10.5 Å². The number of hydrogen-bond acceptors (Lipinski definition) is 3. The van der Waals surface area contributed by atoms with Crippen molar-refractivity contribution in [3.8, 4) is 5.75 Å². The highest BCUT2D eigenvalue weighted by molar-refractivity contribution is 7.99. The Morgan fingerprint density at radius 2 is 1.95 bits per heavy atom. The van der Waals surface area contributed by atoms with E-state index in [4.69, 9.17) is 10.5 Å². The number of fused-ring (bicyclic) bond motifs is 2. The number of hydrogen-bond donors (Lipinski definition) is 1. The van der Waals surface area contributed by atoms with Crippen molar-refractivity contribution in [1.82, 2.24) is 0 Å². The van der Waals surface area contributed by atoms with Crippen LogP contribution in [0.15, 0.2) is 47.4 Å². The molecule has 0 saturated carbocycles. The van der Waals surface area contributed by atoms with Gasteiger partial charge in [-0.15, -0.1) is 11.8 Å². The van der Waals surface area contributed by atoms with Crippen LogP contribution in [0.1, 0.15) is 35.1 Å². The Morgan fingerprint density at radius 1 is 1.10 bits per heavy atom. The highest BCUT2D eigenvalue weighted by Gasteiger charge is 2.25. The third-order valence-electron chi connectivity index (χ3n) is 4.51. The molecule has 0 aromatic heterocycles. The molecule has 1 heterocycles. The number of rotatable bonds is 3. The maximum absolute atomic E-state index is 6.17. The van der Waals surface area contributed by atoms with Crippen molar-refractivity contribution in [2.24, 2.45) is 5.73 Å². The zero-order valence-electron chi connectivity index (χ0n) is 11.9. The Balaban J connectivity index is 1.52. The van der Waals surface area contributed by atoms with Crippen LogP contribution in [0, 0.1) is 0 Å². The van der Waals surface area contributed by atoms with Crippen LogP contribution in [-0.4, -0.2) is 12.4 Å². The van der Waals surface area contributed by atoms with E-state index in [1.54, 1.807) is 0 Å². The molecule has 0 fully saturated rings. The minimum Gasteiger partial charge on any atom is -0.493 e. The quantitative estimate of drug-likeness (QED) is 0.933. The van der Waals surface area contributed by atoms with E-state index in [0.717, 1.165) is 31.0 Å². The molecule has 0 amide bonds. The van der Waals surface area contributed by atoms with Crippen molar-refractivity contribution < 1.29 is 4.74 Å². The van der Waals surface area contributed by atoms with Crippen LogP contribution in [0.2, 0.25) is 0 Å². The minimum absolute atomic E-state index is 0.186. The summed E-state index contributed by atoms with van der Waals surface area (Å²) in [6.07, 6.45) is 2.08. The van der Waals surface area contributed by atoms with Gasteiger partial charge in [-0.05, 0) is 41.7 Å². The van der Waals surface area contributed by atoms with Gasteiger partial charge in [0, 0.05) is 22.6 Å². The average molecular weight is 297 g/mol. The van der Waals surface area contributed by atoms with E-state index in [1.165, 1.54) is 21.6 Å². The molecule has 4 rings (SSSR count). The van der Waals surface area contributed by atoms with Gasteiger partial charge in [-0.1, -0.05) is 30.3 Å². The zero-order valence-corrected chi connectivity index (χ0v) is 12.7. The van der Waals surface area contributed by atoms with Crippen LogP contribution in [0.3, 0.4) is 0 Å². The summed E-state index contributed by atoms with van der Waals surface area (Å²) < 4.78 is 6.17. The molecule has 108 valence electrons. The van der Waals surface area contributed by atoms with E-state index in [1.807, 2.05) is 11.8 Å². The Hall–Kier alpha value is -1.45. The van der Waals surface area contributed by atoms with E-state index in [9.17, 15) is 0 Å². The first-order valence-corrected chi connectivity index (χ1v) is 8.53. The van der Waals surface area contributed by atoms with Crippen LogP contribution in [-0.2, 0) is 6.42 Å². The predicted octanol–water partition coefficient (Wildman–Crippen LogP) is 3.90. The van der Waals surface area contributed by atoms with Gasteiger partial charge in [-0.2, -0.15) is 0 Å². The third kappa shape index (κ3) is 2.34. The largest absolute Gasteiger partial charge is 0.493 e. The van der Waals surface area contributed by atoms with Crippen molar-refractivity contribution in [3.63, 3.8) is 0 Å². The van der Waals surface area contributed by atoms with Crippen molar-refractivity contribution in [2.45, 2.75) is 29.7 Å². The fraction of sp³-hybridized carbons (Fsp3) is 0.333. The summed E-state index contributed by atoms with van der Waals surface area (Å²) in [4.78, 5) is 1.41. The Labute approximate surface area is 129 Å². The number of benzene rings is 2. The molecule has 1 aliphatic carbocycles. The summed E-state index contributed by atoms with van der Waals surface area (Å²) in [5, 5.41) is 0. The van der Waals surface area contributed by atoms with Crippen LogP contribution in [0.5, 0.6) is 5.75 Å². The molecule has 2 unspecified atom stereocenters. The van der Waals surface area contributed by atoms with E-state index < -0.39 is 0 Å². The Kier molecular flexibility index (Phi) is 3.40. The van der Waals surface area contributed by atoms with Crippen LogP contribution in [0.25, 0.3) is 0 Å². The summed E-state index contributed by atoms with van der Waals surface area (Å²) in [6, 6.07) is 15.2. The number of thioether (sulfide) groups is 1. The van der Waals surface area contributed by atoms with Crippen LogP contribution in [0.4, 0.5) is 0 Å². The first-order chi connectivity index (χ1) is 10.3. The lowest BCUT2D eigenvalue weighted by Crippen LogP contribution is -2.11. The van der Waals surface area contributed by atoms with Crippen LogP contribution < -0.4 is 10.5 Å². The van der Waals surface area contributed by atoms with Gasteiger partial charge in [0.1, 0.15) is 5.75 Å². The lowest BCUT2D eigenvalue weighted by atomic mass is 10.0. The Bertz CT molecular complexity index is 670. The van der Waals surface area contributed by atoms with Gasteiger partial charge in [0.15, 0.2) is 0 Å². The molecule has 2 aromatic rings. The molecular formula is C18H19NOS. The molecule has 2 nitrogen and oxygen atoms in total. The fourth-order valence-electron chi connectivity index (χ4n) is 3.35. The molecule has 2 aliphatic rings. The highest BCUT2D eigenvalue weighted by atomic mass is 32.2. The maximum atomic E-state index is 6.17. The molecular weight excluding hydrogens is 278 g/mol. The predicted molar refractivity (Wildman–Crippen MR) is 87.1 cm³/mol. The molecule has 2 atom stereocenters. The van der Waals surface area contributed by atoms with Gasteiger partial charge in [-0.3, -0.25) is 0 Å². The van der Waals surface area contributed by atoms with E-state index in [2.05, 4.69) is 42.5 Å². The number of ether oxygens (including phenoxy) is 1. The summed E-state index contributed by atoms with van der Waals surface area (Å²) >= 11 is 1.94. The van der Waals surface area contributed by atoms with Crippen molar-refractivity contribution in [1.29, 1.82) is 0 Å². The van der Waals surface area contributed by atoms with Gasteiger partial charge in [0.25, 0.3) is 0 Å². The molecule has 2 N–H and O–H groups in total. The van der Waals surface area contributed by atoms with Crippen molar-refractivity contribution in [2.75, 3.05) is 12.4 Å². The smallest absolute Gasteiger partial charge is 0.122 e. The standard InChI is InChI=1S/C18H19NOS/c19-16-9-8-15-14(16)5-3-6-17(15)20-10-12-11-21-18-7-2-1-4-13(12)18/h1-7,12,16H,8-11,19H2. The average Bonchev–Trinajstić information content (AvgIpc) is 3.10. The Morgan fingerprint density at radius 3 is 2.90 bits per heavy atom. The first-order valence-electron chi connectivity index (χ1n) is 7.55. The lowest BCUT2D eigenvalue weighted by molar-refractivity contribution is 0.295. The topological polar surface area (TPSA) is 35.2 Å². The molecule has 1 aliphatic heterocycles. The van der Waals surface area contributed by atoms with Gasteiger partial charge in [-0.25, -0.2) is 0 Å². The second-order valence-corrected chi connectivity index (χ2v) is 6.89. The minimum atomic E-state index is 0.186. The van der Waals surface area contributed by atoms with E-state index in [0.29, 0.717) is 5.92 Å². The SMILES string of the molecule is NC1CCc2c(OCC3CSc4ccccc43)cccc21. The molecule has 0 radical (unpaired) electrons. The fourth-order valence-corrected chi connectivity index (χ4v) is 4.58. The summed E-state index contributed by atoms with van der Waals surface area (Å²) in [7, 11) is 0. The monoisotopic (exact) mass is 297 g/mol. The molecule has 2 aromatic carbocycles. The zero-order chi connectivity index (χ0) is 14.2. The summed E-state index contributed by atoms with van der Waals surface area (Å²) in [5.41, 5.74) is 10.2. The van der Waals surface area contributed by atoms with Crippen molar-refractivity contribution in [3.05, 3.63) is 59.2 Å². The van der Waals surface area contributed by atoms with E-state index >= 15 is 0 Å². The van der Waals surface area contributed by atoms with Gasteiger partial charge >= 0.3 is 0 Å². The first kappa shape index (κ1) is 13.2. The maximum Gasteiger partial charge on any atom is 0.122 e. The van der Waals surface area contributed by atoms with E-state index in [-0.39, 0.29) is 6.04 Å². The molecule has 0 spiro atoms. The van der Waals surface area contributed by atoms with Gasteiger partial charge in [0.05, 0.1) is 6.61 Å². The summed E-state index contributed by atoms with van der Waals surface area (Å²) in [6.45, 7) is 0.760.